The van der Waals surface area contributed by atoms with E-state index < -0.39 is 21.3 Å². The predicted octanol–water partition coefficient (Wildman–Crippen LogP) is 1.35. The Hall–Kier alpha value is -2.07. The van der Waals surface area contributed by atoms with Crippen molar-refractivity contribution in [3.05, 3.63) is 23.8 Å². The topological polar surface area (TPSA) is 104 Å². The molecule has 0 saturated carbocycles. The third kappa shape index (κ3) is 2.23. The first-order valence-corrected chi connectivity index (χ1v) is 7.51. The van der Waals surface area contributed by atoms with Crippen LogP contribution in [-0.4, -0.2) is 25.2 Å². The molecule has 0 aliphatic carbocycles. The molecule has 2 rings (SSSR count). The lowest BCUT2D eigenvalue weighted by Crippen LogP contribution is -2.33. The quantitative estimate of drug-likeness (QED) is 0.847. The second kappa shape index (κ2) is 4.49. The molecule has 1 aromatic carbocycles. The van der Waals surface area contributed by atoms with E-state index in [2.05, 4.69) is 6.07 Å². The van der Waals surface area contributed by atoms with Gasteiger partial charge < -0.3 is 5.73 Å². The molecule has 20 heavy (non-hydrogen) atoms. The molecule has 0 fully saturated rings. The Kier molecular flexibility index (Phi) is 3.22. The van der Waals surface area contributed by atoms with Crippen molar-refractivity contribution in [2.45, 2.75) is 25.2 Å². The lowest BCUT2D eigenvalue weighted by atomic mass is 9.91. The number of sulfonamides is 1. The Morgan fingerprint density at radius 1 is 1.40 bits per heavy atom. The number of carbonyl (C=O) groups excluding carboxylic acids is 1. The number of nitriles is 1. The average molecular weight is 293 g/mol. The van der Waals surface area contributed by atoms with E-state index in [1.165, 1.54) is 18.2 Å². The summed E-state index contributed by atoms with van der Waals surface area (Å²) in [6.45, 7) is 3.38. The Bertz CT molecular complexity index is 717. The average Bonchev–Trinajstić information content (AvgIpc) is 2.55. The van der Waals surface area contributed by atoms with Gasteiger partial charge in [-0.05, 0) is 38.5 Å². The summed E-state index contributed by atoms with van der Waals surface area (Å²) in [5, 5.41) is 8.95. The number of anilines is 1. The Morgan fingerprint density at radius 3 is 2.65 bits per heavy atom. The Labute approximate surface area is 117 Å². The number of hydrogen-bond acceptors (Lipinski definition) is 5. The summed E-state index contributed by atoms with van der Waals surface area (Å²) in [6.07, 6.45) is 0.276. The molecule has 1 heterocycles. The lowest BCUT2D eigenvalue weighted by Gasteiger charge is -2.20. The van der Waals surface area contributed by atoms with Gasteiger partial charge in [-0.25, -0.2) is 12.7 Å². The van der Waals surface area contributed by atoms with Gasteiger partial charge in [0.05, 0.1) is 17.0 Å². The summed E-state index contributed by atoms with van der Waals surface area (Å²) in [5.74, 6) is -0.582. The van der Waals surface area contributed by atoms with Crippen molar-refractivity contribution in [1.29, 1.82) is 5.26 Å². The van der Waals surface area contributed by atoms with Crippen LogP contribution >= 0.6 is 0 Å². The summed E-state index contributed by atoms with van der Waals surface area (Å²) < 4.78 is 25.4. The fourth-order valence-electron chi connectivity index (χ4n) is 1.96. The van der Waals surface area contributed by atoms with Gasteiger partial charge in [-0.2, -0.15) is 5.26 Å². The van der Waals surface area contributed by atoms with Crippen molar-refractivity contribution in [2.24, 2.45) is 5.41 Å². The number of fused-ring (bicyclic) bond motifs is 1. The molecular formula is C13H15N3O3S. The first-order chi connectivity index (χ1) is 9.19. The van der Waals surface area contributed by atoms with E-state index in [-0.39, 0.29) is 23.4 Å². The molecule has 1 aliphatic rings. The molecule has 0 radical (unpaired) electrons. The van der Waals surface area contributed by atoms with E-state index in [4.69, 9.17) is 11.0 Å². The van der Waals surface area contributed by atoms with Gasteiger partial charge in [0, 0.05) is 12.2 Å². The second-order valence-electron chi connectivity index (χ2n) is 5.38. The number of benzene rings is 1. The smallest absolute Gasteiger partial charge is 0.269 e. The van der Waals surface area contributed by atoms with Crippen LogP contribution in [0.3, 0.4) is 0 Å². The van der Waals surface area contributed by atoms with Gasteiger partial charge in [-0.1, -0.05) is 0 Å². The fourth-order valence-corrected chi connectivity index (χ4v) is 3.51. The second-order valence-corrected chi connectivity index (χ2v) is 7.21. The summed E-state index contributed by atoms with van der Waals surface area (Å²) in [6, 6.07) is 6.24. The molecular weight excluding hydrogens is 278 g/mol. The minimum absolute atomic E-state index is 0.0175. The van der Waals surface area contributed by atoms with Crippen molar-refractivity contribution >= 4 is 21.6 Å². The van der Waals surface area contributed by atoms with Gasteiger partial charge in [0.2, 0.25) is 0 Å². The highest BCUT2D eigenvalue weighted by molar-refractivity contribution is 7.90. The van der Waals surface area contributed by atoms with Crippen LogP contribution in [0.5, 0.6) is 0 Å². The highest BCUT2D eigenvalue weighted by Gasteiger charge is 2.41. The summed E-state index contributed by atoms with van der Waals surface area (Å²) in [4.78, 5) is 12.2. The van der Waals surface area contributed by atoms with Crippen LogP contribution in [0.4, 0.5) is 5.69 Å². The largest absolute Gasteiger partial charge is 0.399 e. The third-order valence-corrected chi connectivity index (χ3v) is 5.11. The maximum Gasteiger partial charge on any atom is 0.269 e. The first kappa shape index (κ1) is 14.3. The van der Waals surface area contributed by atoms with Crippen molar-refractivity contribution in [3.8, 4) is 6.07 Å². The van der Waals surface area contributed by atoms with Crippen LogP contribution < -0.4 is 5.73 Å². The summed E-state index contributed by atoms with van der Waals surface area (Å²) >= 11 is 0. The van der Waals surface area contributed by atoms with Crippen molar-refractivity contribution in [3.63, 3.8) is 0 Å². The number of nitrogen functional groups attached to an aromatic ring is 1. The molecule has 0 saturated heterocycles. The van der Waals surface area contributed by atoms with Gasteiger partial charge >= 0.3 is 0 Å². The van der Waals surface area contributed by atoms with Crippen molar-refractivity contribution < 1.29 is 13.2 Å². The van der Waals surface area contributed by atoms with Crippen LogP contribution in [0.2, 0.25) is 0 Å². The SMILES string of the molecule is CC(C)(C#N)CCN1C(=O)c2cc(N)ccc2S1(=O)=O. The monoisotopic (exact) mass is 293 g/mol. The molecule has 0 spiro atoms. The molecule has 0 aromatic heterocycles. The molecule has 0 unspecified atom stereocenters. The van der Waals surface area contributed by atoms with Gasteiger partial charge in [0.1, 0.15) is 4.90 Å². The zero-order valence-corrected chi connectivity index (χ0v) is 12.1. The molecule has 1 aliphatic heterocycles. The van der Waals surface area contributed by atoms with Crippen molar-refractivity contribution in [2.75, 3.05) is 12.3 Å². The number of rotatable bonds is 3. The molecule has 7 heteroatoms. The summed E-state index contributed by atoms with van der Waals surface area (Å²) in [5.41, 5.74) is 5.33. The zero-order chi connectivity index (χ0) is 15.1. The number of nitrogens with zero attached hydrogens (tertiary/aromatic N) is 2. The van der Waals surface area contributed by atoms with E-state index >= 15 is 0 Å². The van der Waals surface area contributed by atoms with Gasteiger partial charge in [-0.15, -0.1) is 0 Å². The van der Waals surface area contributed by atoms with Crippen LogP contribution in [0.1, 0.15) is 30.6 Å². The Morgan fingerprint density at radius 2 is 2.05 bits per heavy atom. The molecule has 1 aromatic rings. The fraction of sp³-hybridized carbons (Fsp3) is 0.385. The maximum atomic E-state index is 12.3. The van der Waals surface area contributed by atoms with E-state index in [1.54, 1.807) is 13.8 Å². The maximum absolute atomic E-state index is 12.3. The molecule has 106 valence electrons. The summed E-state index contributed by atoms with van der Waals surface area (Å²) in [7, 11) is -3.82. The van der Waals surface area contributed by atoms with Gasteiger partial charge in [-0.3, -0.25) is 4.79 Å². The third-order valence-electron chi connectivity index (χ3n) is 3.27. The highest BCUT2D eigenvalue weighted by Crippen LogP contribution is 2.32. The molecule has 0 atom stereocenters. The lowest BCUT2D eigenvalue weighted by molar-refractivity contribution is 0.0864. The Balaban J connectivity index is 2.36. The van der Waals surface area contributed by atoms with Crippen molar-refractivity contribution in [1.82, 2.24) is 4.31 Å². The van der Waals surface area contributed by atoms with E-state index in [0.29, 0.717) is 5.69 Å². The normalized spacial score (nSPS) is 16.9. The van der Waals surface area contributed by atoms with Crippen LogP contribution in [-0.2, 0) is 10.0 Å². The number of nitrogens with two attached hydrogens (primary N) is 1. The number of hydrogen-bond donors (Lipinski definition) is 1. The zero-order valence-electron chi connectivity index (χ0n) is 11.3. The van der Waals surface area contributed by atoms with Crippen LogP contribution in [0.15, 0.2) is 23.1 Å². The van der Waals surface area contributed by atoms with Crippen LogP contribution in [0.25, 0.3) is 0 Å². The predicted molar refractivity (Wildman–Crippen MR) is 73.1 cm³/mol. The van der Waals surface area contributed by atoms with E-state index in [1.807, 2.05) is 0 Å². The molecule has 6 nitrogen and oxygen atoms in total. The van der Waals surface area contributed by atoms with Gasteiger partial charge in [0.15, 0.2) is 0 Å². The molecule has 2 N–H and O–H groups in total. The molecule has 0 bridgehead atoms. The highest BCUT2D eigenvalue weighted by atomic mass is 32.2. The minimum Gasteiger partial charge on any atom is -0.399 e. The van der Waals surface area contributed by atoms with Crippen LogP contribution in [0, 0.1) is 16.7 Å². The van der Waals surface area contributed by atoms with E-state index in [9.17, 15) is 13.2 Å². The first-order valence-electron chi connectivity index (χ1n) is 6.07. The standard InChI is InChI=1S/C13H15N3O3S/c1-13(2,8-14)5-6-16-12(17)10-7-9(15)3-4-11(10)20(16,18)19/h3-4,7H,5-6,15H2,1-2H3. The number of carbonyl (C=O) groups is 1. The van der Waals surface area contributed by atoms with E-state index in [0.717, 1.165) is 4.31 Å². The molecule has 1 amide bonds. The van der Waals surface area contributed by atoms with Gasteiger partial charge in [0.25, 0.3) is 15.9 Å². The minimum atomic E-state index is -3.82. The number of amides is 1.